The third kappa shape index (κ3) is 11.3. The first kappa shape index (κ1) is 16.8. The van der Waals surface area contributed by atoms with Crippen molar-refractivity contribution in [1.29, 1.82) is 0 Å². The van der Waals surface area contributed by atoms with Gasteiger partial charge in [0.2, 0.25) is 0 Å². The van der Waals surface area contributed by atoms with Gasteiger partial charge < -0.3 is 0 Å². The number of hydrogen-bond acceptors (Lipinski definition) is 3. The van der Waals surface area contributed by atoms with Gasteiger partial charge in [-0.1, -0.05) is 0 Å². The summed E-state index contributed by atoms with van der Waals surface area (Å²) in [5, 5.41) is 3.40. The van der Waals surface area contributed by atoms with E-state index in [2.05, 4.69) is 37.5 Å². The van der Waals surface area contributed by atoms with Gasteiger partial charge in [-0.2, -0.15) is 0 Å². The molecular formula is C11H22NOS2Zn. The zero-order valence-electron chi connectivity index (χ0n) is 10.1. The van der Waals surface area contributed by atoms with Crippen molar-refractivity contribution in [1.82, 2.24) is 5.32 Å². The maximum atomic E-state index is 11.4. The van der Waals surface area contributed by atoms with Gasteiger partial charge in [-0.3, -0.25) is 0 Å². The summed E-state index contributed by atoms with van der Waals surface area (Å²) >= 11 is 9.87. The van der Waals surface area contributed by atoms with Crippen LogP contribution in [0.15, 0.2) is 0 Å². The van der Waals surface area contributed by atoms with Crippen molar-refractivity contribution in [2.45, 2.75) is 48.8 Å². The minimum atomic E-state index is 0.199. The van der Waals surface area contributed by atoms with Gasteiger partial charge in [0.15, 0.2) is 0 Å². The second kappa shape index (κ2) is 10.9. The molecule has 0 rings (SSSR count). The van der Waals surface area contributed by atoms with E-state index in [-0.39, 0.29) is 5.91 Å². The first-order valence-electron chi connectivity index (χ1n) is 5.95. The molecule has 0 aliphatic heterocycles. The Morgan fingerprint density at radius 3 is 2.62 bits per heavy atom. The van der Waals surface area contributed by atoms with E-state index in [1.54, 1.807) is 0 Å². The fourth-order valence-electron chi connectivity index (χ4n) is 1.34. The number of unbranched alkanes of at least 4 members (excludes halogenated alkanes) is 1. The van der Waals surface area contributed by atoms with Gasteiger partial charge in [-0.05, 0) is 0 Å². The average Bonchev–Trinajstić information content (AvgIpc) is 2.22. The zero-order chi connectivity index (χ0) is 12.4. The molecule has 0 saturated carbocycles. The van der Waals surface area contributed by atoms with Crippen LogP contribution >= 0.6 is 25.3 Å². The second-order valence-corrected chi connectivity index (χ2v) is 8.42. The van der Waals surface area contributed by atoms with Gasteiger partial charge in [-0.15, -0.1) is 0 Å². The van der Waals surface area contributed by atoms with Gasteiger partial charge in [0.1, 0.15) is 0 Å². The molecule has 0 aromatic carbocycles. The third-order valence-electron chi connectivity index (χ3n) is 2.30. The van der Waals surface area contributed by atoms with Crippen LogP contribution in [0, 0.1) is 0 Å². The van der Waals surface area contributed by atoms with Crippen molar-refractivity contribution in [3.05, 3.63) is 0 Å². The van der Waals surface area contributed by atoms with Crippen LogP contribution in [0.4, 0.5) is 0 Å². The Labute approximate surface area is 120 Å². The van der Waals surface area contributed by atoms with E-state index in [1.807, 2.05) is 0 Å². The number of thiol groups is 2. The Morgan fingerprint density at radius 2 is 2.06 bits per heavy atom. The fourth-order valence-corrected chi connectivity index (χ4v) is 2.47. The monoisotopic (exact) mass is 312 g/mol. The van der Waals surface area contributed by atoms with E-state index in [9.17, 15) is 4.79 Å². The van der Waals surface area contributed by atoms with Gasteiger partial charge >= 0.3 is 121 Å². The van der Waals surface area contributed by atoms with Crippen LogP contribution in [0.1, 0.15) is 39.0 Å². The third-order valence-corrected chi connectivity index (χ3v) is 3.68. The van der Waals surface area contributed by atoms with Crippen LogP contribution in [-0.2, 0) is 23.1 Å². The summed E-state index contributed by atoms with van der Waals surface area (Å²) in [6, 6.07) is 0. The van der Waals surface area contributed by atoms with Crippen molar-refractivity contribution in [2.24, 2.45) is 0 Å². The van der Waals surface area contributed by atoms with Crippen molar-refractivity contribution in [2.75, 3.05) is 12.3 Å². The van der Waals surface area contributed by atoms with Crippen LogP contribution in [0.3, 0.4) is 0 Å². The summed E-state index contributed by atoms with van der Waals surface area (Å²) in [5.74, 6) is 1.09. The van der Waals surface area contributed by atoms with Crippen molar-refractivity contribution < 1.29 is 23.1 Å². The molecule has 2 atom stereocenters. The van der Waals surface area contributed by atoms with E-state index in [4.69, 9.17) is 0 Å². The van der Waals surface area contributed by atoms with E-state index < -0.39 is 0 Å². The van der Waals surface area contributed by atoms with Crippen LogP contribution in [-0.4, -0.2) is 23.5 Å². The molecule has 0 aromatic rings. The topological polar surface area (TPSA) is 29.1 Å². The molecule has 1 amide bonds. The average molecular weight is 314 g/mol. The molecule has 0 aliphatic rings. The maximum absolute atomic E-state index is 11.4. The first-order valence-corrected chi connectivity index (χ1v) is 8.81. The van der Waals surface area contributed by atoms with Gasteiger partial charge in [0.25, 0.3) is 0 Å². The normalized spacial score (nSPS) is 14.6. The summed E-state index contributed by atoms with van der Waals surface area (Å²) in [4.78, 5) is 11.4. The van der Waals surface area contributed by atoms with Crippen LogP contribution in [0.25, 0.3) is 0 Å². The molecule has 2 nitrogen and oxygen atoms in total. The molecular weight excluding hydrogens is 292 g/mol. The molecule has 5 heteroatoms. The number of rotatable bonds is 9. The number of carbonyl (C=O) groups is 1. The molecule has 16 heavy (non-hydrogen) atoms. The molecule has 0 spiro atoms. The molecule has 0 heterocycles. The van der Waals surface area contributed by atoms with Gasteiger partial charge in [0, 0.05) is 0 Å². The predicted molar refractivity (Wildman–Crippen MR) is 72.1 cm³/mol. The molecule has 91 valence electrons. The number of carbonyl (C=O) groups excluding carboxylic acids is 1. The van der Waals surface area contributed by atoms with E-state index in [1.165, 1.54) is 18.3 Å². The van der Waals surface area contributed by atoms with E-state index >= 15 is 0 Å². The van der Waals surface area contributed by atoms with E-state index in [0.717, 1.165) is 38.0 Å². The Hall–Kier alpha value is 0.793. The molecule has 2 unspecified atom stereocenters. The first-order chi connectivity index (χ1) is 7.56. The van der Waals surface area contributed by atoms with Crippen LogP contribution < -0.4 is 5.32 Å². The number of nitrogens with one attached hydrogen (secondary N) is 1. The fraction of sp³-hybridized carbons (Fsp3) is 0.909. The molecule has 0 fully saturated rings. The Kier molecular flexibility index (Phi) is 11.5. The summed E-state index contributed by atoms with van der Waals surface area (Å²) in [7, 11) is 0. The van der Waals surface area contributed by atoms with Gasteiger partial charge in [0.05, 0.1) is 0 Å². The summed E-state index contributed by atoms with van der Waals surface area (Å²) in [6.45, 7) is 3.00. The van der Waals surface area contributed by atoms with Crippen molar-refractivity contribution >= 4 is 31.2 Å². The molecule has 1 N–H and O–H groups in total. The zero-order valence-corrected chi connectivity index (χ0v) is 14.9. The van der Waals surface area contributed by atoms with E-state index in [0.29, 0.717) is 16.2 Å². The SMILES string of the molecule is C[CH]([Zn])CNC(=O)CCCCC(S)CCS. The molecule has 0 saturated heterocycles. The summed E-state index contributed by atoms with van der Waals surface area (Å²) in [5.41, 5.74) is 0. The molecule has 0 bridgehead atoms. The second-order valence-electron chi connectivity index (χ2n) is 4.32. The summed E-state index contributed by atoms with van der Waals surface area (Å²) < 4.78 is 0.654. The van der Waals surface area contributed by atoms with Crippen LogP contribution in [0.5, 0.6) is 0 Å². The predicted octanol–water partition coefficient (Wildman–Crippen LogP) is 2.64. The van der Waals surface area contributed by atoms with Crippen LogP contribution in [0.2, 0.25) is 4.51 Å². The standard InChI is InChI=1S/C11H22NOS2.Zn/c1-2-8-12-11(13)6-4-3-5-10(15)7-9-14;/h2,10,14-15H,3-9H2,1H3,(H,12,13);. The van der Waals surface area contributed by atoms with Crippen molar-refractivity contribution in [3.63, 3.8) is 0 Å². The molecule has 0 aliphatic carbocycles. The quantitative estimate of drug-likeness (QED) is 0.341. The minimum absolute atomic E-state index is 0.199. The Bertz CT molecular complexity index is 191. The number of hydrogen-bond donors (Lipinski definition) is 3. The molecule has 0 radical (unpaired) electrons. The Morgan fingerprint density at radius 1 is 1.38 bits per heavy atom. The number of amides is 1. The van der Waals surface area contributed by atoms with Crippen molar-refractivity contribution in [3.8, 4) is 0 Å². The molecule has 0 aromatic heterocycles. The Balaban J connectivity index is 3.34. The summed E-state index contributed by atoms with van der Waals surface area (Å²) in [6.07, 6.45) is 4.87. The van der Waals surface area contributed by atoms with Gasteiger partial charge in [-0.25, -0.2) is 0 Å².